The summed E-state index contributed by atoms with van der Waals surface area (Å²) >= 11 is 0. The molecule has 0 saturated heterocycles. The first-order valence-corrected chi connectivity index (χ1v) is 5.54. The molecular weight excluding hydrogens is 260 g/mol. The summed E-state index contributed by atoms with van der Waals surface area (Å²) in [6, 6.07) is 3.97. The minimum atomic E-state index is -4.27. The van der Waals surface area contributed by atoms with E-state index >= 15 is 0 Å². The number of nitrogens with two attached hydrogens (primary N) is 1. The number of rotatable bonds is 3. The molecule has 0 aliphatic carbocycles. The van der Waals surface area contributed by atoms with E-state index in [1.807, 2.05) is 0 Å². The van der Waals surface area contributed by atoms with E-state index in [-0.39, 0.29) is 13.1 Å². The van der Waals surface area contributed by atoms with Crippen LogP contribution in [0.4, 0.5) is 17.6 Å². The molecule has 0 aliphatic rings. The van der Waals surface area contributed by atoms with Gasteiger partial charge in [-0.25, -0.2) is 4.39 Å². The first-order chi connectivity index (χ1) is 8.80. The molecule has 0 bridgehead atoms. The van der Waals surface area contributed by atoms with Gasteiger partial charge in [0.05, 0.1) is 13.1 Å². The standard InChI is InChI=1S/C13H14F4N2/c1-19(9-13(15,16)17)8-11-5-10(3-2-4-18)6-12(14)7-11/h5-7H,4,8-9,18H2,1H3. The normalized spacial score (nSPS) is 11.3. The number of nitrogens with zero attached hydrogens (tertiary/aromatic N) is 1. The molecule has 0 aromatic heterocycles. The molecule has 0 radical (unpaired) electrons. The zero-order valence-electron chi connectivity index (χ0n) is 10.4. The molecule has 2 nitrogen and oxygen atoms in total. The third kappa shape index (κ3) is 6.22. The molecule has 1 aromatic carbocycles. The van der Waals surface area contributed by atoms with Crippen molar-refractivity contribution in [2.24, 2.45) is 5.73 Å². The van der Waals surface area contributed by atoms with Crippen LogP contribution >= 0.6 is 0 Å². The second kappa shape index (κ2) is 6.55. The van der Waals surface area contributed by atoms with Gasteiger partial charge >= 0.3 is 6.18 Å². The van der Waals surface area contributed by atoms with Crippen LogP contribution < -0.4 is 5.73 Å². The Hall–Kier alpha value is -1.58. The molecule has 1 aromatic rings. The predicted octanol–water partition coefficient (Wildman–Crippen LogP) is 2.13. The largest absolute Gasteiger partial charge is 0.401 e. The maximum atomic E-state index is 13.3. The average molecular weight is 274 g/mol. The molecule has 104 valence electrons. The number of halogens is 4. The highest BCUT2D eigenvalue weighted by Crippen LogP contribution is 2.17. The van der Waals surface area contributed by atoms with Gasteiger partial charge in [-0.2, -0.15) is 13.2 Å². The van der Waals surface area contributed by atoms with Crippen LogP contribution in [0.25, 0.3) is 0 Å². The summed E-state index contributed by atoms with van der Waals surface area (Å²) in [7, 11) is 1.32. The second-order valence-corrected chi connectivity index (χ2v) is 4.14. The topological polar surface area (TPSA) is 29.3 Å². The van der Waals surface area contributed by atoms with Crippen molar-refractivity contribution in [3.63, 3.8) is 0 Å². The summed E-state index contributed by atoms with van der Waals surface area (Å²) in [6.07, 6.45) is -4.27. The molecule has 6 heteroatoms. The number of hydrogen-bond donors (Lipinski definition) is 1. The lowest BCUT2D eigenvalue weighted by atomic mass is 10.1. The van der Waals surface area contributed by atoms with Crippen LogP contribution in [0.15, 0.2) is 18.2 Å². The first-order valence-electron chi connectivity index (χ1n) is 5.54. The van der Waals surface area contributed by atoms with E-state index in [0.29, 0.717) is 11.1 Å². The number of alkyl halides is 3. The third-order valence-electron chi connectivity index (χ3n) is 2.19. The molecule has 2 N–H and O–H groups in total. The average Bonchev–Trinajstić information content (AvgIpc) is 2.22. The van der Waals surface area contributed by atoms with Crippen molar-refractivity contribution in [1.29, 1.82) is 0 Å². The summed E-state index contributed by atoms with van der Waals surface area (Å²) in [5.41, 5.74) is 6.04. The van der Waals surface area contributed by atoms with Crippen LogP contribution in [0, 0.1) is 17.7 Å². The maximum Gasteiger partial charge on any atom is 0.401 e. The van der Waals surface area contributed by atoms with E-state index in [1.165, 1.54) is 19.2 Å². The van der Waals surface area contributed by atoms with Crippen molar-refractivity contribution in [2.75, 3.05) is 20.1 Å². The monoisotopic (exact) mass is 274 g/mol. The molecule has 0 spiro atoms. The Labute approximate surface area is 109 Å². The zero-order valence-corrected chi connectivity index (χ0v) is 10.4. The van der Waals surface area contributed by atoms with Gasteiger partial charge in [0, 0.05) is 12.1 Å². The maximum absolute atomic E-state index is 13.3. The summed E-state index contributed by atoms with van der Waals surface area (Å²) in [5, 5.41) is 0. The van der Waals surface area contributed by atoms with Crippen molar-refractivity contribution in [3.8, 4) is 11.8 Å². The van der Waals surface area contributed by atoms with Crippen molar-refractivity contribution >= 4 is 0 Å². The Balaban J connectivity index is 2.81. The lowest BCUT2D eigenvalue weighted by molar-refractivity contribution is -0.144. The van der Waals surface area contributed by atoms with Crippen molar-refractivity contribution in [2.45, 2.75) is 12.7 Å². The van der Waals surface area contributed by atoms with Crippen molar-refractivity contribution < 1.29 is 17.6 Å². The Morgan fingerprint density at radius 3 is 2.53 bits per heavy atom. The van der Waals surface area contributed by atoms with Gasteiger partial charge in [-0.1, -0.05) is 11.8 Å². The Kier molecular flexibility index (Phi) is 5.33. The summed E-state index contributed by atoms with van der Waals surface area (Å²) in [4.78, 5) is 1.06. The van der Waals surface area contributed by atoms with E-state index in [4.69, 9.17) is 5.73 Å². The fraction of sp³-hybridized carbons (Fsp3) is 0.385. The lowest BCUT2D eigenvalue weighted by Crippen LogP contribution is -2.30. The molecule has 0 amide bonds. The molecule has 1 rings (SSSR count). The Morgan fingerprint density at radius 1 is 1.26 bits per heavy atom. The molecule has 0 fully saturated rings. The minimum Gasteiger partial charge on any atom is -0.320 e. The van der Waals surface area contributed by atoms with Gasteiger partial charge in [0.15, 0.2) is 0 Å². The third-order valence-corrected chi connectivity index (χ3v) is 2.19. The van der Waals surface area contributed by atoms with Gasteiger partial charge in [-0.05, 0) is 30.8 Å². The zero-order chi connectivity index (χ0) is 14.5. The van der Waals surface area contributed by atoms with Gasteiger partial charge in [0.1, 0.15) is 5.82 Å². The van der Waals surface area contributed by atoms with E-state index in [1.54, 1.807) is 6.07 Å². The Bertz CT molecular complexity index is 486. The predicted molar refractivity (Wildman–Crippen MR) is 64.7 cm³/mol. The first kappa shape index (κ1) is 15.5. The van der Waals surface area contributed by atoms with Crippen LogP contribution in [0.2, 0.25) is 0 Å². The number of hydrogen-bond acceptors (Lipinski definition) is 2. The summed E-state index contributed by atoms with van der Waals surface area (Å²) < 4.78 is 49.8. The molecule has 19 heavy (non-hydrogen) atoms. The smallest absolute Gasteiger partial charge is 0.320 e. The van der Waals surface area contributed by atoms with Crippen molar-refractivity contribution in [3.05, 3.63) is 35.1 Å². The SMILES string of the molecule is CN(Cc1cc(F)cc(C#CCN)c1)CC(F)(F)F. The van der Waals surface area contributed by atoms with Gasteiger partial charge in [0.2, 0.25) is 0 Å². The highest BCUT2D eigenvalue weighted by molar-refractivity contribution is 5.37. The van der Waals surface area contributed by atoms with Gasteiger partial charge < -0.3 is 5.73 Å². The molecule has 0 heterocycles. The van der Waals surface area contributed by atoms with E-state index < -0.39 is 18.5 Å². The second-order valence-electron chi connectivity index (χ2n) is 4.14. The van der Waals surface area contributed by atoms with Crippen LogP contribution in [0.5, 0.6) is 0 Å². The van der Waals surface area contributed by atoms with Gasteiger partial charge in [0.25, 0.3) is 0 Å². The fourth-order valence-electron chi connectivity index (χ4n) is 1.64. The van der Waals surface area contributed by atoms with Crippen LogP contribution in [0.3, 0.4) is 0 Å². The lowest BCUT2D eigenvalue weighted by Gasteiger charge is -2.18. The molecule has 0 aliphatic heterocycles. The van der Waals surface area contributed by atoms with E-state index in [9.17, 15) is 17.6 Å². The molecule has 0 unspecified atom stereocenters. The van der Waals surface area contributed by atoms with Crippen LogP contribution in [-0.2, 0) is 6.54 Å². The molecule has 0 atom stereocenters. The van der Waals surface area contributed by atoms with Crippen LogP contribution in [0.1, 0.15) is 11.1 Å². The van der Waals surface area contributed by atoms with E-state index in [2.05, 4.69) is 11.8 Å². The Morgan fingerprint density at radius 2 is 1.95 bits per heavy atom. The van der Waals surface area contributed by atoms with Gasteiger partial charge in [-0.15, -0.1) is 0 Å². The highest BCUT2D eigenvalue weighted by Gasteiger charge is 2.29. The summed E-state index contributed by atoms with van der Waals surface area (Å²) in [5.74, 6) is 4.69. The quantitative estimate of drug-likeness (QED) is 0.676. The van der Waals surface area contributed by atoms with Gasteiger partial charge in [-0.3, -0.25) is 4.90 Å². The highest BCUT2D eigenvalue weighted by atomic mass is 19.4. The fourth-order valence-corrected chi connectivity index (χ4v) is 1.64. The minimum absolute atomic E-state index is 0.00538. The molecule has 0 saturated carbocycles. The van der Waals surface area contributed by atoms with Crippen LogP contribution in [-0.4, -0.2) is 31.2 Å². The molecular formula is C13H14F4N2. The van der Waals surface area contributed by atoms with Crippen molar-refractivity contribution in [1.82, 2.24) is 4.90 Å². The van der Waals surface area contributed by atoms with E-state index in [0.717, 1.165) is 4.90 Å². The summed E-state index contributed by atoms with van der Waals surface area (Å²) in [6.45, 7) is -0.915. The number of benzene rings is 1.